The van der Waals surface area contributed by atoms with Crippen LogP contribution in [0.4, 0.5) is 0 Å². The molecule has 0 atom stereocenters. The predicted octanol–water partition coefficient (Wildman–Crippen LogP) is -0.130. The highest BCUT2D eigenvalue weighted by Gasteiger charge is 1.63. The van der Waals surface area contributed by atoms with E-state index in [1.165, 1.54) is 6.20 Å². The Morgan fingerprint density at radius 2 is 2.80 bits per heavy atom. The molecule has 1 rings (SSSR count). The summed E-state index contributed by atoms with van der Waals surface area (Å²) in [6.07, 6.45) is 3.68. The van der Waals surface area contributed by atoms with E-state index in [0.717, 1.165) is 0 Å². The Morgan fingerprint density at radius 3 is 3.00 bits per heavy atom. The molecule has 1 aromatic rings. The molecule has 3 heteroatoms. The van der Waals surface area contributed by atoms with Gasteiger partial charge in [-0.1, -0.05) is 5.16 Å². The van der Waals surface area contributed by atoms with Crippen LogP contribution >= 0.6 is 0 Å². The van der Waals surface area contributed by atoms with Gasteiger partial charge in [-0.15, -0.1) is 0 Å². The topological polar surface area (TPSA) is 38.9 Å². The minimum atomic E-state index is 1.35. The lowest BCUT2D eigenvalue weighted by molar-refractivity contribution is 0.306. The first kappa shape index (κ1) is 2.38. The molecule has 1 heterocycles. The van der Waals surface area contributed by atoms with E-state index in [0.29, 0.717) is 0 Å². The van der Waals surface area contributed by atoms with Crippen molar-refractivity contribution in [3.05, 3.63) is 12.4 Å². The second kappa shape index (κ2) is 0.839. The minimum absolute atomic E-state index is 1.35. The largest absolute Gasteiger partial charge is 0.244 e. The molecule has 5 heavy (non-hydrogen) atoms. The zero-order chi connectivity index (χ0) is 3.54. The van der Waals surface area contributed by atoms with Crippen LogP contribution in [0, 0.1) is 6.20 Å². The molecule has 3 nitrogen and oxygen atoms in total. The third kappa shape index (κ3) is 0.238. The second-order valence-corrected chi connectivity index (χ2v) is 0.537. The van der Waals surface area contributed by atoms with Crippen LogP contribution in [0.3, 0.4) is 0 Å². The van der Waals surface area contributed by atoms with E-state index in [1.54, 1.807) is 0 Å². The van der Waals surface area contributed by atoms with Crippen LogP contribution in [0.15, 0.2) is 10.8 Å². The smallest absolute Gasteiger partial charge is 0.158 e. The van der Waals surface area contributed by atoms with Crippen molar-refractivity contribution in [3.63, 3.8) is 0 Å². The summed E-state index contributed by atoms with van der Waals surface area (Å²) in [6, 6.07) is 0. The Morgan fingerprint density at radius 1 is 1.80 bits per heavy atom. The van der Waals surface area contributed by atoms with E-state index in [1.807, 2.05) is 0 Å². The van der Waals surface area contributed by atoms with Gasteiger partial charge in [-0.2, -0.15) is 0 Å². The molecule has 0 aliphatic heterocycles. The molecule has 0 bridgehead atoms. The Hall–Kier alpha value is -0.860. The fraction of sp³-hybridized carbons (Fsp3) is 0. The standard InChI is InChI=1S/C2HN2O/c1-2-4-5-3-1/h1H. The third-order valence-electron chi connectivity index (χ3n) is 0.251. The molecule has 0 fully saturated rings. The van der Waals surface area contributed by atoms with Gasteiger partial charge in [0, 0.05) is 0 Å². The summed E-state index contributed by atoms with van der Waals surface area (Å²) >= 11 is 0. The molecule has 1 aromatic heterocycles. The van der Waals surface area contributed by atoms with E-state index < -0.39 is 0 Å². The fourth-order valence-electron chi connectivity index (χ4n) is 0.118. The van der Waals surface area contributed by atoms with Gasteiger partial charge in [0.05, 0.1) is 0 Å². The summed E-state index contributed by atoms with van der Waals surface area (Å²) in [5.74, 6) is 0. The summed E-state index contributed by atoms with van der Waals surface area (Å²) in [4.78, 5) is 0. The van der Waals surface area contributed by atoms with Gasteiger partial charge in [0.1, 0.15) is 6.20 Å². The molecule has 1 radical (unpaired) electrons. The van der Waals surface area contributed by atoms with E-state index in [2.05, 4.69) is 21.1 Å². The van der Waals surface area contributed by atoms with Crippen molar-refractivity contribution < 1.29 is 4.63 Å². The summed E-state index contributed by atoms with van der Waals surface area (Å²) in [5, 5.41) is 6.29. The molecule has 0 aliphatic rings. The third-order valence-corrected chi connectivity index (χ3v) is 0.251. The summed E-state index contributed by atoms with van der Waals surface area (Å²) < 4.78 is 4.03. The Balaban J connectivity index is 3.13. The van der Waals surface area contributed by atoms with Crippen molar-refractivity contribution in [2.24, 2.45) is 0 Å². The van der Waals surface area contributed by atoms with Crippen molar-refractivity contribution in [3.8, 4) is 0 Å². The summed E-state index contributed by atoms with van der Waals surface area (Å²) in [6.45, 7) is 0. The van der Waals surface area contributed by atoms with Crippen molar-refractivity contribution in [2.45, 2.75) is 0 Å². The van der Waals surface area contributed by atoms with Crippen LogP contribution in [0.25, 0.3) is 0 Å². The first-order chi connectivity index (χ1) is 2.50. The van der Waals surface area contributed by atoms with Gasteiger partial charge in [0.25, 0.3) is 0 Å². The molecule has 0 unspecified atom stereocenters. The van der Waals surface area contributed by atoms with Gasteiger partial charge >= 0.3 is 0 Å². The van der Waals surface area contributed by atoms with Gasteiger partial charge in [0.15, 0.2) is 6.20 Å². The fourth-order valence-corrected chi connectivity index (χ4v) is 0.118. The molecule has 0 spiro atoms. The minimum Gasteiger partial charge on any atom is -0.244 e. The highest BCUT2D eigenvalue weighted by atomic mass is 16.6. The molecular weight excluding hydrogens is 68.0 g/mol. The summed E-state index contributed by atoms with van der Waals surface area (Å²) in [7, 11) is 0. The molecule has 0 aliphatic carbocycles. The average molecular weight is 69.0 g/mol. The Kier molecular flexibility index (Phi) is 0.400. The molecule has 25 valence electrons. The van der Waals surface area contributed by atoms with Crippen molar-refractivity contribution in [2.75, 3.05) is 0 Å². The van der Waals surface area contributed by atoms with Gasteiger partial charge in [-0.25, -0.2) is 4.63 Å². The predicted molar refractivity (Wildman–Crippen MR) is 13.1 cm³/mol. The lowest BCUT2D eigenvalue weighted by atomic mass is 11.0. The molecule has 0 saturated carbocycles. The number of nitrogens with zero attached hydrogens (tertiary/aromatic N) is 2. The lowest BCUT2D eigenvalue weighted by Crippen LogP contribution is -1.44. The first-order valence-electron chi connectivity index (χ1n) is 1.14. The zero-order valence-corrected chi connectivity index (χ0v) is 2.38. The second-order valence-electron chi connectivity index (χ2n) is 0.537. The number of hydrogen-bond donors (Lipinski definition) is 0. The van der Waals surface area contributed by atoms with Crippen LogP contribution in [0.5, 0.6) is 0 Å². The van der Waals surface area contributed by atoms with Gasteiger partial charge < -0.3 is 0 Å². The van der Waals surface area contributed by atoms with Gasteiger partial charge in [0.2, 0.25) is 0 Å². The Bertz CT molecular complexity index is 64.1. The Labute approximate surface area is 28.6 Å². The SMILES string of the molecule is [c]1cnon1. The monoisotopic (exact) mass is 69.0 g/mol. The maximum Gasteiger partial charge on any atom is 0.158 e. The van der Waals surface area contributed by atoms with Gasteiger partial charge in [-0.05, 0) is 5.16 Å². The molecule has 0 amide bonds. The van der Waals surface area contributed by atoms with Crippen LogP contribution in [-0.4, -0.2) is 10.3 Å². The van der Waals surface area contributed by atoms with Crippen LogP contribution in [0.1, 0.15) is 0 Å². The van der Waals surface area contributed by atoms with E-state index >= 15 is 0 Å². The van der Waals surface area contributed by atoms with E-state index in [4.69, 9.17) is 0 Å². The normalized spacial score (nSPS) is 8.00. The number of aromatic nitrogens is 2. The van der Waals surface area contributed by atoms with Crippen LogP contribution in [-0.2, 0) is 0 Å². The highest BCUT2D eigenvalue weighted by molar-refractivity contribution is 4.47. The van der Waals surface area contributed by atoms with Crippen molar-refractivity contribution in [1.29, 1.82) is 0 Å². The average Bonchev–Trinajstić information content (AvgIpc) is 1.76. The van der Waals surface area contributed by atoms with Crippen molar-refractivity contribution in [1.82, 2.24) is 10.3 Å². The summed E-state index contributed by atoms with van der Waals surface area (Å²) in [5.41, 5.74) is 0. The first-order valence-corrected chi connectivity index (χ1v) is 1.14. The number of rotatable bonds is 0. The van der Waals surface area contributed by atoms with Gasteiger partial charge in [-0.3, -0.25) is 0 Å². The van der Waals surface area contributed by atoms with E-state index in [-0.39, 0.29) is 0 Å². The van der Waals surface area contributed by atoms with Crippen LogP contribution in [0.2, 0.25) is 0 Å². The highest BCUT2D eigenvalue weighted by Crippen LogP contribution is 1.60. The molecular formula is C2HN2O. The van der Waals surface area contributed by atoms with Crippen LogP contribution < -0.4 is 0 Å². The molecule has 0 N–H and O–H groups in total. The van der Waals surface area contributed by atoms with E-state index in [9.17, 15) is 0 Å². The maximum atomic E-state index is 4.03. The maximum absolute atomic E-state index is 4.03. The van der Waals surface area contributed by atoms with Crippen molar-refractivity contribution >= 4 is 0 Å². The number of hydrogen-bond acceptors (Lipinski definition) is 3. The zero-order valence-electron chi connectivity index (χ0n) is 2.38. The quantitative estimate of drug-likeness (QED) is 0.426. The lowest BCUT2D eigenvalue weighted by Gasteiger charge is -1.44. The molecule has 0 aromatic carbocycles. The molecule has 0 saturated heterocycles.